The van der Waals surface area contributed by atoms with Gasteiger partial charge in [0.15, 0.2) is 0 Å². The summed E-state index contributed by atoms with van der Waals surface area (Å²) in [4.78, 5) is 17.3. The van der Waals surface area contributed by atoms with Crippen molar-refractivity contribution in [1.29, 1.82) is 0 Å². The van der Waals surface area contributed by atoms with E-state index in [1.807, 2.05) is 18.2 Å². The minimum Gasteiger partial charge on any atom is -0.368 e. The number of carbonyl (C=O) groups excluding carboxylic acids is 1. The van der Waals surface area contributed by atoms with E-state index in [4.69, 9.17) is 0 Å². The van der Waals surface area contributed by atoms with E-state index in [1.54, 1.807) is 37.1 Å². The third kappa shape index (κ3) is 4.49. The summed E-state index contributed by atoms with van der Waals surface area (Å²) >= 11 is 1.79. The zero-order valence-electron chi connectivity index (χ0n) is 12.2. The first-order valence-corrected chi connectivity index (χ1v) is 7.71. The van der Waals surface area contributed by atoms with Crippen LogP contribution in [0, 0.1) is 0 Å². The average Bonchev–Trinajstić information content (AvgIpc) is 2.53. The predicted molar refractivity (Wildman–Crippen MR) is 87.9 cm³/mol. The van der Waals surface area contributed by atoms with E-state index in [1.165, 1.54) is 4.90 Å². The van der Waals surface area contributed by atoms with Crippen molar-refractivity contribution >= 4 is 23.5 Å². The lowest BCUT2D eigenvalue weighted by Crippen LogP contribution is -2.22. The predicted octanol–water partition coefficient (Wildman–Crippen LogP) is 3.03. The first-order valence-electron chi connectivity index (χ1n) is 6.83. The van der Waals surface area contributed by atoms with Gasteiger partial charge >= 0.3 is 0 Å². The van der Waals surface area contributed by atoms with Crippen molar-refractivity contribution < 1.29 is 4.79 Å². The summed E-state index contributed by atoms with van der Waals surface area (Å²) in [5, 5.41) is 6.25. The number of hydrogen-bond acceptors (Lipinski definition) is 4. The van der Waals surface area contributed by atoms with E-state index in [2.05, 4.69) is 34.7 Å². The molecule has 1 aromatic heterocycles. The highest BCUT2D eigenvalue weighted by Crippen LogP contribution is 2.23. The lowest BCUT2D eigenvalue weighted by Gasteiger charge is -2.14. The van der Waals surface area contributed by atoms with Crippen LogP contribution in [0.1, 0.15) is 17.3 Å². The van der Waals surface area contributed by atoms with Crippen molar-refractivity contribution in [3.05, 3.63) is 54.2 Å². The maximum Gasteiger partial charge on any atom is 0.254 e. The summed E-state index contributed by atoms with van der Waals surface area (Å²) in [7, 11) is 1.62. The molecule has 0 spiro atoms. The van der Waals surface area contributed by atoms with Gasteiger partial charge in [-0.3, -0.25) is 4.79 Å². The molecule has 4 nitrogen and oxygen atoms in total. The normalized spacial score (nSPS) is 11.7. The SMILES string of the molecule is CNC(=O)c1cccnc1NCC(C)Sc1ccccc1. The third-order valence-electron chi connectivity index (χ3n) is 2.92. The summed E-state index contributed by atoms with van der Waals surface area (Å²) < 4.78 is 0. The van der Waals surface area contributed by atoms with Gasteiger partial charge in [-0.1, -0.05) is 25.1 Å². The molecule has 2 N–H and O–H groups in total. The quantitative estimate of drug-likeness (QED) is 0.805. The van der Waals surface area contributed by atoms with Crippen molar-refractivity contribution in [3.8, 4) is 0 Å². The highest BCUT2D eigenvalue weighted by molar-refractivity contribution is 8.00. The molecule has 110 valence electrons. The second kappa shape index (κ2) is 7.69. The summed E-state index contributed by atoms with van der Waals surface area (Å²) in [6.45, 7) is 2.88. The minimum atomic E-state index is -0.131. The van der Waals surface area contributed by atoms with Crippen LogP contribution < -0.4 is 10.6 Å². The van der Waals surface area contributed by atoms with E-state index in [-0.39, 0.29) is 5.91 Å². The number of benzene rings is 1. The Balaban J connectivity index is 1.95. The van der Waals surface area contributed by atoms with Gasteiger partial charge in [0.2, 0.25) is 0 Å². The summed E-state index contributed by atoms with van der Waals surface area (Å²) in [5.74, 6) is 0.492. The largest absolute Gasteiger partial charge is 0.368 e. The Kier molecular flexibility index (Phi) is 5.63. The van der Waals surface area contributed by atoms with Gasteiger partial charge in [-0.15, -0.1) is 11.8 Å². The first-order chi connectivity index (χ1) is 10.2. The monoisotopic (exact) mass is 301 g/mol. The highest BCUT2D eigenvalue weighted by atomic mass is 32.2. The number of nitrogens with zero attached hydrogens (tertiary/aromatic N) is 1. The molecule has 1 unspecified atom stereocenters. The second-order valence-corrected chi connectivity index (χ2v) is 6.11. The van der Waals surface area contributed by atoms with Gasteiger partial charge in [0.25, 0.3) is 5.91 Å². The number of anilines is 1. The molecule has 21 heavy (non-hydrogen) atoms. The molecule has 0 fully saturated rings. The Morgan fingerprint density at radius 1 is 1.24 bits per heavy atom. The first kappa shape index (κ1) is 15.4. The fourth-order valence-electron chi connectivity index (χ4n) is 1.88. The molecule has 0 aliphatic rings. The molecule has 0 saturated heterocycles. The Hall–Kier alpha value is -2.01. The van der Waals surface area contributed by atoms with E-state index in [9.17, 15) is 4.79 Å². The van der Waals surface area contributed by atoms with Gasteiger partial charge in [-0.25, -0.2) is 4.98 Å². The number of nitrogens with one attached hydrogen (secondary N) is 2. The van der Waals surface area contributed by atoms with Crippen LogP contribution in [-0.2, 0) is 0 Å². The average molecular weight is 301 g/mol. The van der Waals surface area contributed by atoms with Crippen LogP contribution in [0.15, 0.2) is 53.6 Å². The molecule has 2 aromatic rings. The smallest absolute Gasteiger partial charge is 0.254 e. The summed E-state index contributed by atoms with van der Waals surface area (Å²) in [6.07, 6.45) is 1.68. The molecule has 1 atom stereocenters. The van der Waals surface area contributed by atoms with Crippen LogP contribution in [-0.4, -0.2) is 29.7 Å². The van der Waals surface area contributed by atoms with Crippen LogP contribution in [0.25, 0.3) is 0 Å². The van der Waals surface area contributed by atoms with Crippen molar-refractivity contribution in [1.82, 2.24) is 10.3 Å². The Bertz CT molecular complexity index is 589. The van der Waals surface area contributed by atoms with E-state index in [0.29, 0.717) is 16.6 Å². The fraction of sp³-hybridized carbons (Fsp3) is 0.250. The van der Waals surface area contributed by atoms with E-state index in [0.717, 1.165) is 6.54 Å². The third-order valence-corrected chi connectivity index (χ3v) is 4.03. The van der Waals surface area contributed by atoms with E-state index < -0.39 is 0 Å². The number of carbonyl (C=O) groups is 1. The minimum absolute atomic E-state index is 0.131. The Morgan fingerprint density at radius 2 is 2.00 bits per heavy atom. The number of thioether (sulfide) groups is 1. The molecule has 0 bridgehead atoms. The van der Waals surface area contributed by atoms with Crippen molar-refractivity contribution in [2.75, 3.05) is 18.9 Å². The zero-order valence-corrected chi connectivity index (χ0v) is 13.0. The summed E-state index contributed by atoms with van der Waals surface area (Å²) in [6, 6.07) is 13.8. The van der Waals surface area contributed by atoms with Crippen molar-refractivity contribution in [2.24, 2.45) is 0 Å². The number of amides is 1. The number of aromatic nitrogens is 1. The molecule has 0 saturated carbocycles. The van der Waals surface area contributed by atoms with Gasteiger partial charge in [-0.05, 0) is 24.3 Å². The van der Waals surface area contributed by atoms with Gasteiger partial charge < -0.3 is 10.6 Å². The van der Waals surface area contributed by atoms with Crippen LogP contribution in [0.2, 0.25) is 0 Å². The van der Waals surface area contributed by atoms with Crippen LogP contribution in [0.3, 0.4) is 0 Å². The molecule has 2 rings (SSSR count). The lowest BCUT2D eigenvalue weighted by molar-refractivity contribution is 0.0963. The molecule has 5 heteroatoms. The lowest BCUT2D eigenvalue weighted by atomic mass is 10.2. The van der Waals surface area contributed by atoms with Gasteiger partial charge in [0.05, 0.1) is 5.56 Å². The fourth-order valence-corrected chi connectivity index (χ4v) is 2.82. The van der Waals surface area contributed by atoms with Crippen molar-refractivity contribution in [2.45, 2.75) is 17.1 Å². The molecule has 0 aliphatic heterocycles. The molecule has 0 aliphatic carbocycles. The summed E-state index contributed by atoms with van der Waals surface area (Å²) in [5.41, 5.74) is 0.567. The number of pyridine rings is 1. The molecule has 1 aromatic carbocycles. The standard InChI is InChI=1S/C16H19N3OS/c1-12(21-13-7-4-3-5-8-13)11-19-15-14(16(20)17-2)9-6-10-18-15/h3-10,12H,11H2,1-2H3,(H,17,20)(H,18,19). The maximum atomic E-state index is 11.8. The van der Waals surface area contributed by atoms with E-state index >= 15 is 0 Å². The number of rotatable bonds is 6. The van der Waals surface area contributed by atoms with Crippen LogP contribution in [0.5, 0.6) is 0 Å². The van der Waals surface area contributed by atoms with Gasteiger partial charge in [0.1, 0.15) is 5.82 Å². The van der Waals surface area contributed by atoms with Gasteiger partial charge in [0, 0.05) is 29.9 Å². The Morgan fingerprint density at radius 3 is 2.71 bits per heavy atom. The molecular formula is C16H19N3OS. The number of hydrogen-bond donors (Lipinski definition) is 2. The molecular weight excluding hydrogens is 282 g/mol. The Labute approximate surface area is 129 Å². The van der Waals surface area contributed by atoms with Gasteiger partial charge in [-0.2, -0.15) is 0 Å². The van der Waals surface area contributed by atoms with Crippen LogP contribution >= 0.6 is 11.8 Å². The maximum absolute atomic E-state index is 11.8. The molecule has 1 heterocycles. The van der Waals surface area contributed by atoms with Crippen LogP contribution in [0.4, 0.5) is 5.82 Å². The molecule has 0 radical (unpaired) electrons. The molecule has 1 amide bonds. The highest BCUT2D eigenvalue weighted by Gasteiger charge is 2.11. The second-order valence-electron chi connectivity index (χ2n) is 4.60. The topological polar surface area (TPSA) is 54.0 Å². The zero-order chi connectivity index (χ0) is 15.1. The van der Waals surface area contributed by atoms with Crippen molar-refractivity contribution in [3.63, 3.8) is 0 Å².